The van der Waals surface area contributed by atoms with Gasteiger partial charge in [0.05, 0.1) is 11.3 Å². The maximum absolute atomic E-state index is 11.9. The van der Waals surface area contributed by atoms with Crippen LogP contribution in [0.25, 0.3) is 0 Å². The van der Waals surface area contributed by atoms with Gasteiger partial charge in [-0.3, -0.25) is 9.59 Å². The number of nitrogens with zero attached hydrogens (tertiary/aromatic N) is 2. The smallest absolute Gasteiger partial charge is 0.326 e. The van der Waals surface area contributed by atoms with Gasteiger partial charge >= 0.3 is 5.97 Å². The van der Waals surface area contributed by atoms with Crippen LogP contribution in [0.1, 0.15) is 38.1 Å². The van der Waals surface area contributed by atoms with Crippen molar-refractivity contribution >= 4 is 40.6 Å². The highest BCUT2D eigenvalue weighted by Gasteiger charge is 2.22. The van der Waals surface area contributed by atoms with E-state index >= 15 is 0 Å². The zero-order valence-electron chi connectivity index (χ0n) is 12.7. The van der Waals surface area contributed by atoms with Crippen LogP contribution in [0.15, 0.2) is 6.07 Å². The second-order valence-corrected chi connectivity index (χ2v) is 6.37. The van der Waals surface area contributed by atoms with Crippen LogP contribution in [-0.4, -0.2) is 35.9 Å². The Morgan fingerprint density at radius 1 is 1.33 bits per heavy atom. The highest BCUT2D eigenvalue weighted by Crippen LogP contribution is 2.29. The summed E-state index contributed by atoms with van der Waals surface area (Å²) in [5, 5.41) is 0.164. The lowest BCUT2D eigenvalue weighted by molar-refractivity contribution is -0.152. The second-order valence-electron chi connectivity index (χ2n) is 5.63. The Morgan fingerprint density at radius 2 is 1.90 bits per heavy atom. The first-order valence-electron chi connectivity index (χ1n) is 6.31. The number of carbonyl (C=O) groups excluding carboxylic acids is 2. The third kappa shape index (κ3) is 5.17. The van der Waals surface area contributed by atoms with Crippen LogP contribution in [0.5, 0.6) is 0 Å². The van der Waals surface area contributed by atoms with E-state index in [-0.39, 0.29) is 28.2 Å². The highest BCUT2D eigenvalue weighted by molar-refractivity contribution is 6.35. The van der Waals surface area contributed by atoms with Crippen LogP contribution >= 0.6 is 23.2 Å². The first-order valence-corrected chi connectivity index (χ1v) is 7.07. The summed E-state index contributed by atoms with van der Waals surface area (Å²) in [6.07, 6.45) is 0. The average Bonchev–Trinajstić information content (AvgIpc) is 2.23. The second kappa shape index (κ2) is 6.62. The van der Waals surface area contributed by atoms with Crippen molar-refractivity contribution < 1.29 is 14.3 Å². The summed E-state index contributed by atoms with van der Waals surface area (Å²) in [4.78, 5) is 29.0. The van der Waals surface area contributed by atoms with Crippen LogP contribution in [-0.2, 0) is 9.53 Å². The van der Waals surface area contributed by atoms with E-state index in [0.29, 0.717) is 5.69 Å². The molecule has 0 saturated heterocycles. The minimum atomic E-state index is -0.575. The molecule has 0 spiro atoms. The molecule has 0 saturated carbocycles. The van der Waals surface area contributed by atoms with Gasteiger partial charge in [0.25, 0.3) is 0 Å². The van der Waals surface area contributed by atoms with Gasteiger partial charge in [0.15, 0.2) is 5.78 Å². The molecule has 0 N–H and O–H groups in total. The summed E-state index contributed by atoms with van der Waals surface area (Å²) in [5.41, 5.74) is 0.0972. The molecule has 0 unspecified atom stereocenters. The number of carbonyl (C=O) groups is 2. The Hall–Kier alpha value is -1.33. The Bertz CT molecular complexity index is 568. The molecule has 0 fully saturated rings. The molecule has 0 amide bonds. The van der Waals surface area contributed by atoms with Crippen LogP contribution in [0.2, 0.25) is 10.3 Å². The van der Waals surface area contributed by atoms with Crippen molar-refractivity contribution in [2.45, 2.75) is 33.3 Å². The van der Waals surface area contributed by atoms with Crippen molar-refractivity contribution in [1.29, 1.82) is 0 Å². The Kier molecular flexibility index (Phi) is 5.59. The monoisotopic (exact) mass is 332 g/mol. The predicted molar refractivity (Wildman–Crippen MR) is 83.4 cm³/mol. The molecule has 0 radical (unpaired) electrons. The lowest BCUT2D eigenvalue weighted by Crippen LogP contribution is -2.33. The van der Waals surface area contributed by atoms with Gasteiger partial charge in [-0.05, 0) is 33.8 Å². The number of likely N-dealkylation sites (N-methyl/N-ethyl adjacent to an activating group) is 1. The number of pyridine rings is 1. The van der Waals surface area contributed by atoms with Crippen LogP contribution in [0, 0.1) is 0 Å². The molecule has 116 valence electrons. The van der Waals surface area contributed by atoms with Crippen LogP contribution in [0.4, 0.5) is 5.69 Å². The molecule has 0 aromatic carbocycles. The molecule has 7 heteroatoms. The fraction of sp³-hybridized carbons (Fsp3) is 0.500. The van der Waals surface area contributed by atoms with Gasteiger partial charge in [-0.1, -0.05) is 23.2 Å². The van der Waals surface area contributed by atoms with Gasteiger partial charge in [0, 0.05) is 7.05 Å². The number of rotatable bonds is 4. The number of Topliss-reactive ketones (excluding diaryl/α,β-unsaturated/α-hetero) is 1. The number of esters is 1. The molecule has 0 aliphatic carbocycles. The number of ketones is 1. The normalized spacial score (nSPS) is 11.2. The van der Waals surface area contributed by atoms with E-state index in [1.807, 2.05) is 0 Å². The number of hydrogen-bond donors (Lipinski definition) is 0. The third-order valence-corrected chi connectivity index (χ3v) is 2.94. The first-order chi connectivity index (χ1) is 9.51. The summed E-state index contributed by atoms with van der Waals surface area (Å²) in [5.74, 6) is -0.668. The van der Waals surface area contributed by atoms with Crippen molar-refractivity contribution in [2.24, 2.45) is 0 Å². The minimum absolute atomic E-state index is 0.0149. The molecule has 1 aromatic heterocycles. The van der Waals surface area contributed by atoms with Crippen LogP contribution < -0.4 is 4.90 Å². The van der Waals surface area contributed by atoms with Gasteiger partial charge in [-0.25, -0.2) is 4.98 Å². The van der Waals surface area contributed by atoms with E-state index in [4.69, 9.17) is 27.9 Å². The highest BCUT2D eigenvalue weighted by atomic mass is 35.5. The van der Waals surface area contributed by atoms with Crippen LogP contribution in [0.3, 0.4) is 0 Å². The summed E-state index contributed by atoms with van der Waals surface area (Å²) < 4.78 is 5.24. The molecule has 21 heavy (non-hydrogen) atoms. The van der Waals surface area contributed by atoms with Gasteiger partial charge in [-0.2, -0.15) is 0 Å². The zero-order valence-corrected chi connectivity index (χ0v) is 14.2. The lowest BCUT2D eigenvalue weighted by atomic mass is 10.1. The lowest BCUT2D eigenvalue weighted by Gasteiger charge is -2.25. The zero-order chi connectivity index (χ0) is 16.4. The maximum Gasteiger partial charge on any atom is 0.326 e. The number of anilines is 1. The van der Waals surface area contributed by atoms with Gasteiger partial charge in [0.2, 0.25) is 0 Å². The van der Waals surface area contributed by atoms with E-state index in [1.165, 1.54) is 13.0 Å². The Morgan fingerprint density at radius 3 is 2.38 bits per heavy atom. The molecular formula is C14H18Cl2N2O3. The molecule has 0 bridgehead atoms. The van der Waals surface area contributed by atoms with Gasteiger partial charge in [0.1, 0.15) is 22.5 Å². The van der Waals surface area contributed by atoms with Crippen molar-refractivity contribution in [1.82, 2.24) is 4.98 Å². The number of aromatic nitrogens is 1. The van der Waals surface area contributed by atoms with Gasteiger partial charge < -0.3 is 9.64 Å². The molecule has 5 nitrogen and oxygen atoms in total. The van der Waals surface area contributed by atoms with Crippen molar-refractivity contribution in [3.63, 3.8) is 0 Å². The van der Waals surface area contributed by atoms with E-state index in [0.717, 1.165) is 0 Å². The van der Waals surface area contributed by atoms with Crippen molar-refractivity contribution in [3.8, 4) is 0 Å². The molecular weight excluding hydrogens is 315 g/mol. The van der Waals surface area contributed by atoms with E-state index in [9.17, 15) is 9.59 Å². The molecule has 0 aliphatic heterocycles. The summed E-state index contributed by atoms with van der Waals surface area (Å²) >= 11 is 11.8. The minimum Gasteiger partial charge on any atom is -0.459 e. The van der Waals surface area contributed by atoms with Crippen molar-refractivity contribution in [2.75, 3.05) is 18.5 Å². The topological polar surface area (TPSA) is 59.5 Å². The standard InChI is InChI=1S/C14H18Cl2N2O3/c1-8(19)12-9(6-10(15)17-13(12)16)18(5)7-11(20)21-14(2,3)4/h6H,7H2,1-5H3. The number of hydrogen-bond acceptors (Lipinski definition) is 5. The van der Waals surface area contributed by atoms with Crippen molar-refractivity contribution in [3.05, 3.63) is 21.9 Å². The quantitative estimate of drug-likeness (QED) is 0.480. The number of ether oxygens (including phenoxy) is 1. The predicted octanol–water partition coefficient (Wildman–Crippen LogP) is 3.37. The summed E-state index contributed by atoms with van der Waals surface area (Å²) in [7, 11) is 1.65. The van der Waals surface area contributed by atoms with E-state index in [2.05, 4.69) is 4.98 Å². The molecule has 1 aromatic rings. The molecule has 1 rings (SSSR count). The largest absolute Gasteiger partial charge is 0.459 e. The Balaban J connectivity index is 3.05. The number of halogens is 2. The SMILES string of the molecule is CC(=O)c1c(N(C)CC(=O)OC(C)(C)C)cc(Cl)nc1Cl. The Labute approximate surface area is 134 Å². The fourth-order valence-corrected chi connectivity index (χ4v) is 2.30. The fourth-order valence-electron chi connectivity index (χ4n) is 1.75. The maximum atomic E-state index is 11.9. The van der Waals surface area contributed by atoms with E-state index in [1.54, 1.807) is 32.7 Å². The third-order valence-electron chi connectivity index (χ3n) is 2.47. The molecule has 0 atom stereocenters. The molecule has 0 aliphatic rings. The molecule has 1 heterocycles. The summed E-state index contributed by atoms with van der Waals surface area (Å²) in [6.45, 7) is 6.69. The average molecular weight is 333 g/mol. The summed E-state index contributed by atoms with van der Waals surface area (Å²) in [6, 6.07) is 1.49. The van der Waals surface area contributed by atoms with E-state index < -0.39 is 11.6 Å². The first kappa shape index (κ1) is 17.7. The van der Waals surface area contributed by atoms with Gasteiger partial charge in [-0.15, -0.1) is 0 Å².